The Kier molecular flexibility index (Phi) is 4.20. The van der Waals surface area contributed by atoms with Gasteiger partial charge in [-0.25, -0.2) is 4.79 Å². The first kappa shape index (κ1) is 13.6. The number of carbonyl (C=O) groups is 1. The molecule has 0 aromatic rings. The smallest absolute Gasteiger partial charge is 0.410 e. The standard InChI is InChI=1S/C10H18N4O3/c1-10(2,3)17-9(16)14-6-4-5-7(15)8(14)12-13-11/h7-8,15H,4-6H2,1-3H3/t7-,8-/m1/s1. The van der Waals surface area contributed by atoms with E-state index in [0.29, 0.717) is 19.4 Å². The molecular formula is C10H18N4O3. The third-order valence-electron chi connectivity index (χ3n) is 2.36. The van der Waals surface area contributed by atoms with Crippen LogP contribution in [0, 0.1) is 0 Å². The van der Waals surface area contributed by atoms with Crippen LogP contribution in [0.5, 0.6) is 0 Å². The minimum Gasteiger partial charge on any atom is -0.444 e. The fraction of sp³-hybridized carbons (Fsp3) is 0.900. The van der Waals surface area contributed by atoms with Crippen molar-refractivity contribution >= 4 is 6.09 Å². The molecule has 1 heterocycles. The topological polar surface area (TPSA) is 98.5 Å². The summed E-state index contributed by atoms with van der Waals surface area (Å²) < 4.78 is 5.19. The highest BCUT2D eigenvalue weighted by molar-refractivity contribution is 5.68. The van der Waals surface area contributed by atoms with Crippen LogP contribution >= 0.6 is 0 Å². The minimum absolute atomic E-state index is 0.426. The Hall–Kier alpha value is -1.46. The largest absolute Gasteiger partial charge is 0.444 e. The molecule has 0 bridgehead atoms. The highest BCUT2D eigenvalue weighted by atomic mass is 16.6. The number of aliphatic hydroxyl groups excluding tert-OH is 1. The van der Waals surface area contributed by atoms with E-state index in [1.807, 2.05) is 0 Å². The first-order valence-electron chi connectivity index (χ1n) is 5.57. The van der Waals surface area contributed by atoms with Crippen LogP contribution in [0.2, 0.25) is 0 Å². The Morgan fingerprint density at radius 1 is 1.59 bits per heavy atom. The van der Waals surface area contributed by atoms with Gasteiger partial charge in [0.25, 0.3) is 0 Å². The summed E-state index contributed by atoms with van der Waals surface area (Å²) in [6, 6.07) is 0. The van der Waals surface area contributed by atoms with Crippen molar-refractivity contribution in [3.05, 3.63) is 10.4 Å². The second-order valence-corrected chi connectivity index (χ2v) is 5.00. The van der Waals surface area contributed by atoms with Crippen molar-refractivity contribution in [2.24, 2.45) is 5.11 Å². The van der Waals surface area contributed by atoms with Gasteiger partial charge in [-0.15, -0.1) is 0 Å². The Balaban J connectivity index is 2.78. The summed E-state index contributed by atoms with van der Waals surface area (Å²) in [5.41, 5.74) is 7.83. The maximum atomic E-state index is 11.9. The van der Waals surface area contributed by atoms with Gasteiger partial charge in [0.15, 0.2) is 0 Å². The number of piperidine rings is 1. The number of aliphatic hydroxyl groups is 1. The molecule has 7 heteroatoms. The van der Waals surface area contributed by atoms with Crippen LogP contribution in [-0.2, 0) is 4.74 Å². The molecule has 0 aromatic carbocycles. The lowest BCUT2D eigenvalue weighted by Gasteiger charge is -2.36. The van der Waals surface area contributed by atoms with Crippen molar-refractivity contribution in [1.82, 2.24) is 4.90 Å². The van der Waals surface area contributed by atoms with Crippen molar-refractivity contribution in [1.29, 1.82) is 0 Å². The van der Waals surface area contributed by atoms with Crippen molar-refractivity contribution in [2.75, 3.05) is 6.54 Å². The molecule has 0 saturated carbocycles. The lowest BCUT2D eigenvalue weighted by Crippen LogP contribution is -2.51. The third-order valence-corrected chi connectivity index (χ3v) is 2.36. The molecule has 0 aromatic heterocycles. The summed E-state index contributed by atoms with van der Waals surface area (Å²) in [7, 11) is 0. The number of nitrogens with zero attached hydrogens (tertiary/aromatic N) is 4. The first-order valence-corrected chi connectivity index (χ1v) is 5.57. The van der Waals surface area contributed by atoms with Crippen LogP contribution in [0.3, 0.4) is 0 Å². The molecule has 1 fully saturated rings. The molecule has 2 atom stereocenters. The van der Waals surface area contributed by atoms with Gasteiger partial charge in [0.05, 0.1) is 6.10 Å². The van der Waals surface area contributed by atoms with Crippen molar-refractivity contribution < 1.29 is 14.6 Å². The molecule has 1 aliphatic rings. The van der Waals surface area contributed by atoms with E-state index < -0.39 is 24.0 Å². The zero-order chi connectivity index (χ0) is 13.1. The van der Waals surface area contributed by atoms with Gasteiger partial charge in [-0.3, -0.25) is 4.90 Å². The fourth-order valence-corrected chi connectivity index (χ4v) is 1.67. The molecule has 17 heavy (non-hydrogen) atoms. The fourth-order valence-electron chi connectivity index (χ4n) is 1.67. The monoisotopic (exact) mass is 242 g/mol. The molecule has 1 rings (SSSR count). The van der Waals surface area contributed by atoms with Crippen LogP contribution in [0.25, 0.3) is 10.4 Å². The summed E-state index contributed by atoms with van der Waals surface area (Å²) in [4.78, 5) is 15.8. The molecule has 7 nitrogen and oxygen atoms in total. The lowest BCUT2D eigenvalue weighted by molar-refractivity contribution is -0.0210. The summed E-state index contributed by atoms with van der Waals surface area (Å²) >= 11 is 0. The summed E-state index contributed by atoms with van der Waals surface area (Å²) in [5.74, 6) is 0. The highest BCUT2D eigenvalue weighted by Crippen LogP contribution is 2.21. The zero-order valence-corrected chi connectivity index (χ0v) is 10.3. The van der Waals surface area contributed by atoms with Crippen LogP contribution in [0.4, 0.5) is 4.79 Å². The molecule has 1 N–H and O–H groups in total. The number of amides is 1. The quantitative estimate of drug-likeness (QED) is 0.432. The van der Waals surface area contributed by atoms with Crippen LogP contribution < -0.4 is 0 Å². The SMILES string of the molecule is CC(C)(C)OC(=O)N1CCC[C@@H](O)[C@@H]1N=[N+]=[N-]. The number of hydrogen-bond donors (Lipinski definition) is 1. The highest BCUT2D eigenvalue weighted by Gasteiger charge is 2.34. The van der Waals surface area contributed by atoms with Gasteiger partial charge in [-0.2, -0.15) is 0 Å². The predicted octanol–water partition coefficient (Wildman–Crippen LogP) is 2.01. The summed E-state index contributed by atoms with van der Waals surface area (Å²) in [6.07, 6.45) is -1.08. The molecule has 0 radical (unpaired) electrons. The molecule has 0 spiro atoms. The van der Waals surface area contributed by atoms with Crippen LogP contribution in [0.1, 0.15) is 33.6 Å². The maximum Gasteiger partial charge on any atom is 0.410 e. The van der Waals surface area contributed by atoms with E-state index in [9.17, 15) is 9.90 Å². The molecule has 96 valence electrons. The molecular weight excluding hydrogens is 224 g/mol. The lowest BCUT2D eigenvalue weighted by atomic mass is 10.1. The van der Waals surface area contributed by atoms with Gasteiger partial charge in [-0.1, -0.05) is 5.11 Å². The predicted molar refractivity (Wildman–Crippen MR) is 61.1 cm³/mol. The Morgan fingerprint density at radius 2 is 2.24 bits per heavy atom. The number of carbonyl (C=O) groups excluding carboxylic acids is 1. The second kappa shape index (κ2) is 5.25. The van der Waals surface area contributed by atoms with Gasteiger partial charge >= 0.3 is 6.09 Å². The van der Waals surface area contributed by atoms with E-state index in [-0.39, 0.29) is 0 Å². The first-order chi connectivity index (χ1) is 7.85. The van der Waals surface area contributed by atoms with Gasteiger partial charge in [0, 0.05) is 11.5 Å². The van der Waals surface area contributed by atoms with E-state index in [1.165, 1.54) is 4.90 Å². The molecule has 1 aliphatic heterocycles. The number of hydrogen-bond acceptors (Lipinski definition) is 4. The van der Waals surface area contributed by atoms with Gasteiger partial charge < -0.3 is 9.84 Å². The Labute approximate surface area is 100.0 Å². The molecule has 0 aliphatic carbocycles. The van der Waals surface area contributed by atoms with Crippen molar-refractivity contribution in [2.45, 2.75) is 51.5 Å². The molecule has 1 saturated heterocycles. The number of azide groups is 1. The van der Waals surface area contributed by atoms with Gasteiger partial charge in [0.2, 0.25) is 0 Å². The van der Waals surface area contributed by atoms with E-state index in [1.54, 1.807) is 20.8 Å². The van der Waals surface area contributed by atoms with E-state index in [0.717, 1.165) is 0 Å². The molecule has 0 unspecified atom stereocenters. The molecule has 1 amide bonds. The van der Waals surface area contributed by atoms with Crippen molar-refractivity contribution in [3.8, 4) is 0 Å². The average Bonchev–Trinajstić information content (AvgIpc) is 2.18. The Bertz CT molecular complexity index is 333. The minimum atomic E-state index is -0.872. The van der Waals surface area contributed by atoms with Gasteiger partial charge in [-0.05, 0) is 39.1 Å². The maximum absolute atomic E-state index is 11.9. The summed E-state index contributed by atoms with van der Waals surface area (Å²) in [5, 5.41) is 13.2. The third kappa shape index (κ3) is 3.80. The van der Waals surface area contributed by atoms with Crippen LogP contribution in [-0.4, -0.2) is 40.5 Å². The Morgan fingerprint density at radius 3 is 2.76 bits per heavy atom. The summed E-state index contributed by atoms with van der Waals surface area (Å²) in [6.45, 7) is 5.70. The number of ether oxygens (including phenoxy) is 1. The van der Waals surface area contributed by atoms with E-state index in [2.05, 4.69) is 10.0 Å². The van der Waals surface area contributed by atoms with Crippen LogP contribution in [0.15, 0.2) is 5.11 Å². The average molecular weight is 242 g/mol. The van der Waals surface area contributed by atoms with E-state index in [4.69, 9.17) is 10.3 Å². The van der Waals surface area contributed by atoms with Gasteiger partial charge in [0.1, 0.15) is 11.8 Å². The number of likely N-dealkylation sites (tertiary alicyclic amines) is 1. The van der Waals surface area contributed by atoms with E-state index >= 15 is 0 Å². The zero-order valence-electron chi connectivity index (χ0n) is 10.3. The second-order valence-electron chi connectivity index (χ2n) is 5.00. The normalized spacial score (nSPS) is 25.1. The number of rotatable bonds is 1. The van der Waals surface area contributed by atoms with Crippen molar-refractivity contribution in [3.63, 3.8) is 0 Å².